The van der Waals surface area contributed by atoms with Crippen molar-refractivity contribution in [1.82, 2.24) is 0 Å². The molecule has 0 saturated carbocycles. The Kier molecular flexibility index (Phi) is 3.48. The maximum Gasteiger partial charge on any atom is 0.151 e. The predicted molar refractivity (Wildman–Crippen MR) is 53.1 cm³/mol. The van der Waals surface area contributed by atoms with Crippen molar-refractivity contribution in [1.29, 1.82) is 0 Å². The normalized spacial score (nSPS) is 10.2. The Morgan fingerprint density at radius 2 is 2.33 bits per heavy atom. The molecule has 1 aromatic heterocycles. The van der Waals surface area contributed by atoms with Crippen molar-refractivity contribution in [3.8, 4) is 0 Å². The molecule has 0 aromatic carbocycles. The number of hydrogen-bond donors (Lipinski definition) is 0. The molecular formula is C10H14OS. The van der Waals surface area contributed by atoms with Gasteiger partial charge in [-0.15, -0.1) is 11.3 Å². The minimum absolute atomic E-state index is 0.924. The van der Waals surface area contributed by atoms with Crippen LogP contribution in [0.15, 0.2) is 5.38 Å². The number of unbranched alkanes of at least 4 members (excludes halogenated alkanes) is 1. The predicted octanol–water partition coefficient (Wildman–Crippen LogP) is 3.21. The summed E-state index contributed by atoms with van der Waals surface area (Å²) in [7, 11) is 0. The standard InChI is InChI=1S/C10H14OS/c1-3-4-5-9-7-12-8(2)10(9)6-11/h6-7H,3-5H2,1-2H3. The zero-order valence-corrected chi connectivity index (χ0v) is 8.41. The van der Waals surface area contributed by atoms with E-state index in [1.807, 2.05) is 6.92 Å². The van der Waals surface area contributed by atoms with Crippen molar-refractivity contribution in [2.45, 2.75) is 33.1 Å². The van der Waals surface area contributed by atoms with Crippen LogP contribution in [-0.4, -0.2) is 6.29 Å². The molecule has 0 amide bonds. The smallest absolute Gasteiger partial charge is 0.151 e. The molecule has 1 nitrogen and oxygen atoms in total. The number of aldehydes is 1. The van der Waals surface area contributed by atoms with Crippen LogP contribution >= 0.6 is 11.3 Å². The lowest BCUT2D eigenvalue weighted by molar-refractivity contribution is 0.112. The molecule has 0 spiro atoms. The van der Waals surface area contributed by atoms with Gasteiger partial charge in [0.05, 0.1) is 0 Å². The van der Waals surface area contributed by atoms with Crippen LogP contribution in [0.2, 0.25) is 0 Å². The summed E-state index contributed by atoms with van der Waals surface area (Å²) in [6.07, 6.45) is 4.40. The van der Waals surface area contributed by atoms with E-state index >= 15 is 0 Å². The van der Waals surface area contributed by atoms with Crippen LogP contribution in [0.3, 0.4) is 0 Å². The Labute approximate surface area is 77.4 Å². The number of thiophene rings is 1. The second kappa shape index (κ2) is 4.41. The first-order valence-electron chi connectivity index (χ1n) is 4.31. The Balaban J connectivity index is 2.77. The second-order valence-corrected chi connectivity index (χ2v) is 4.04. The van der Waals surface area contributed by atoms with Crippen molar-refractivity contribution in [3.05, 3.63) is 21.4 Å². The van der Waals surface area contributed by atoms with Gasteiger partial charge in [-0.1, -0.05) is 13.3 Å². The van der Waals surface area contributed by atoms with Gasteiger partial charge in [0.1, 0.15) is 0 Å². The van der Waals surface area contributed by atoms with Gasteiger partial charge in [-0.05, 0) is 30.7 Å². The molecule has 0 bridgehead atoms. The van der Waals surface area contributed by atoms with Crippen molar-refractivity contribution < 1.29 is 4.79 Å². The van der Waals surface area contributed by atoms with Crippen LogP contribution < -0.4 is 0 Å². The summed E-state index contributed by atoms with van der Waals surface area (Å²) in [6.45, 7) is 4.17. The monoisotopic (exact) mass is 182 g/mol. The summed E-state index contributed by atoms with van der Waals surface area (Å²) in [5.41, 5.74) is 2.16. The summed E-state index contributed by atoms with van der Waals surface area (Å²) < 4.78 is 0. The summed E-state index contributed by atoms with van der Waals surface area (Å²) in [5, 5.41) is 2.11. The maximum atomic E-state index is 10.7. The van der Waals surface area contributed by atoms with Crippen LogP contribution in [0, 0.1) is 6.92 Å². The fourth-order valence-electron chi connectivity index (χ4n) is 1.23. The maximum absolute atomic E-state index is 10.7. The molecule has 0 aliphatic carbocycles. The van der Waals surface area contributed by atoms with Gasteiger partial charge in [-0.2, -0.15) is 0 Å². The first-order chi connectivity index (χ1) is 5.79. The average molecular weight is 182 g/mol. The highest BCUT2D eigenvalue weighted by Gasteiger charge is 2.05. The molecule has 12 heavy (non-hydrogen) atoms. The van der Waals surface area contributed by atoms with Crippen molar-refractivity contribution >= 4 is 17.6 Å². The van der Waals surface area contributed by atoms with E-state index in [0.717, 1.165) is 23.1 Å². The first kappa shape index (κ1) is 9.46. The van der Waals surface area contributed by atoms with Crippen LogP contribution in [-0.2, 0) is 6.42 Å². The van der Waals surface area contributed by atoms with E-state index < -0.39 is 0 Å². The third-order valence-electron chi connectivity index (χ3n) is 2.02. The topological polar surface area (TPSA) is 17.1 Å². The Morgan fingerprint density at radius 1 is 1.58 bits per heavy atom. The quantitative estimate of drug-likeness (QED) is 0.653. The van der Waals surface area contributed by atoms with E-state index in [0.29, 0.717) is 0 Å². The third kappa shape index (κ3) is 1.95. The zero-order valence-electron chi connectivity index (χ0n) is 7.59. The summed E-state index contributed by atoms with van der Waals surface area (Å²) in [6, 6.07) is 0. The Bertz CT molecular complexity index is 263. The SMILES string of the molecule is CCCCc1csc(C)c1C=O. The molecule has 0 atom stereocenters. The van der Waals surface area contributed by atoms with Gasteiger partial charge in [0.25, 0.3) is 0 Å². The molecule has 1 rings (SSSR count). The van der Waals surface area contributed by atoms with E-state index in [4.69, 9.17) is 0 Å². The van der Waals surface area contributed by atoms with Gasteiger partial charge in [0, 0.05) is 10.4 Å². The zero-order chi connectivity index (χ0) is 8.97. The lowest BCUT2D eigenvalue weighted by Gasteiger charge is -1.96. The Morgan fingerprint density at radius 3 is 2.92 bits per heavy atom. The molecule has 0 unspecified atom stereocenters. The van der Waals surface area contributed by atoms with E-state index in [1.165, 1.54) is 18.4 Å². The largest absolute Gasteiger partial charge is 0.298 e. The second-order valence-electron chi connectivity index (χ2n) is 2.95. The molecule has 66 valence electrons. The first-order valence-corrected chi connectivity index (χ1v) is 5.19. The molecule has 1 heterocycles. The minimum Gasteiger partial charge on any atom is -0.298 e. The number of hydrogen-bond acceptors (Lipinski definition) is 2. The molecular weight excluding hydrogens is 168 g/mol. The van der Waals surface area contributed by atoms with Gasteiger partial charge < -0.3 is 0 Å². The Hall–Kier alpha value is -0.630. The van der Waals surface area contributed by atoms with Gasteiger partial charge in [0.15, 0.2) is 6.29 Å². The van der Waals surface area contributed by atoms with Crippen LogP contribution in [0.1, 0.15) is 40.6 Å². The van der Waals surface area contributed by atoms with Gasteiger partial charge in [-0.25, -0.2) is 0 Å². The number of carbonyl (C=O) groups excluding carboxylic acids is 1. The minimum atomic E-state index is 0.924. The summed E-state index contributed by atoms with van der Waals surface area (Å²) in [4.78, 5) is 11.8. The van der Waals surface area contributed by atoms with Crippen molar-refractivity contribution in [2.24, 2.45) is 0 Å². The third-order valence-corrected chi connectivity index (χ3v) is 3.00. The summed E-state index contributed by atoms with van der Waals surface area (Å²) >= 11 is 1.67. The van der Waals surface area contributed by atoms with Gasteiger partial charge in [-0.3, -0.25) is 4.79 Å². The molecule has 0 fully saturated rings. The molecule has 0 aliphatic heterocycles. The van der Waals surface area contributed by atoms with Gasteiger partial charge >= 0.3 is 0 Å². The van der Waals surface area contributed by atoms with Crippen LogP contribution in [0.4, 0.5) is 0 Å². The molecule has 0 aliphatic rings. The van der Waals surface area contributed by atoms with Crippen LogP contribution in [0.25, 0.3) is 0 Å². The molecule has 0 saturated heterocycles. The molecule has 1 aromatic rings. The highest BCUT2D eigenvalue weighted by Crippen LogP contribution is 2.21. The number of carbonyl (C=O) groups is 1. The lowest BCUT2D eigenvalue weighted by Crippen LogP contribution is -1.89. The number of rotatable bonds is 4. The van der Waals surface area contributed by atoms with E-state index in [2.05, 4.69) is 12.3 Å². The van der Waals surface area contributed by atoms with Gasteiger partial charge in [0.2, 0.25) is 0 Å². The fraction of sp³-hybridized carbons (Fsp3) is 0.500. The van der Waals surface area contributed by atoms with Crippen LogP contribution in [0.5, 0.6) is 0 Å². The lowest BCUT2D eigenvalue weighted by atomic mass is 10.1. The van der Waals surface area contributed by atoms with E-state index in [1.54, 1.807) is 11.3 Å². The molecule has 0 radical (unpaired) electrons. The fourth-order valence-corrected chi connectivity index (χ4v) is 2.10. The van der Waals surface area contributed by atoms with Crippen molar-refractivity contribution in [2.75, 3.05) is 0 Å². The highest BCUT2D eigenvalue weighted by atomic mass is 32.1. The highest BCUT2D eigenvalue weighted by molar-refractivity contribution is 7.10. The number of aryl methyl sites for hydroxylation is 2. The molecule has 2 heteroatoms. The van der Waals surface area contributed by atoms with Crippen molar-refractivity contribution in [3.63, 3.8) is 0 Å². The van der Waals surface area contributed by atoms with E-state index in [-0.39, 0.29) is 0 Å². The van der Waals surface area contributed by atoms with E-state index in [9.17, 15) is 4.79 Å². The summed E-state index contributed by atoms with van der Waals surface area (Å²) in [5.74, 6) is 0. The average Bonchev–Trinajstić information content (AvgIpc) is 2.43. The molecule has 0 N–H and O–H groups in total.